The molecule has 0 aliphatic carbocycles. The molecule has 1 aliphatic rings. The fraction of sp³-hybridized carbons (Fsp3) is 0.273. The fourth-order valence-corrected chi connectivity index (χ4v) is 1.73. The second-order valence-corrected chi connectivity index (χ2v) is 3.59. The van der Waals surface area contributed by atoms with E-state index in [-0.39, 0.29) is 5.56 Å². The van der Waals surface area contributed by atoms with Gasteiger partial charge in [-0.15, -0.1) is 0 Å². The van der Waals surface area contributed by atoms with Gasteiger partial charge in [0.15, 0.2) is 12.1 Å². The SMILES string of the molecule is C=C1CCN(c2cncc(F)c2C=O)C1. The van der Waals surface area contributed by atoms with Crippen LogP contribution in [0.5, 0.6) is 0 Å². The molecule has 0 spiro atoms. The molecule has 4 heteroatoms. The van der Waals surface area contributed by atoms with Gasteiger partial charge >= 0.3 is 0 Å². The molecule has 1 aromatic rings. The van der Waals surface area contributed by atoms with Gasteiger partial charge in [0.1, 0.15) is 0 Å². The van der Waals surface area contributed by atoms with E-state index in [1.807, 2.05) is 4.90 Å². The minimum atomic E-state index is -0.569. The molecule has 0 atom stereocenters. The summed E-state index contributed by atoms with van der Waals surface area (Å²) in [6, 6.07) is 0. The Morgan fingerprint density at radius 3 is 2.93 bits per heavy atom. The minimum Gasteiger partial charge on any atom is -0.365 e. The molecule has 78 valence electrons. The topological polar surface area (TPSA) is 33.2 Å². The average Bonchev–Trinajstić information content (AvgIpc) is 2.64. The zero-order valence-electron chi connectivity index (χ0n) is 8.24. The fourth-order valence-electron chi connectivity index (χ4n) is 1.73. The molecule has 2 rings (SSSR count). The van der Waals surface area contributed by atoms with Crippen molar-refractivity contribution in [1.82, 2.24) is 4.98 Å². The summed E-state index contributed by atoms with van der Waals surface area (Å²) in [5, 5.41) is 0. The number of carbonyl (C=O) groups is 1. The van der Waals surface area contributed by atoms with Crippen molar-refractivity contribution in [2.45, 2.75) is 6.42 Å². The maximum absolute atomic E-state index is 13.3. The van der Waals surface area contributed by atoms with Gasteiger partial charge in [0.05, 0.1) is 23.6 Å². The summed E-state index contributed by atoms with van der Waals surface area (Å²) in [5.74, 6) is -0.569. The van der Waals surface area contributed by atoms with Gasteiger partial charge in [-0.25, -0.2) is 4.39 Å². The van der Waals surface area contributed by atoms with Crippen LogP contribution < -0.4 is 4.90 Å². The third-order valence-electron chi connectivity index (χ3n) is 2.53. The Labute approximate surface area is 87.2 Å². The number of hydrogen-bond acceptors (Lipinski definition) is 3. The summed E-state index contributed by atoms with van der Waals surface area (Å²) in [6.07, 6.45) is 3.99. The highest BCUT2D eigenvalue weighted by Crippen LogP contribution is 2.25. The molecule has 0 bridgehead atoms. The first kappa shape index (κ1) is 9.83. The molecule has 1 aliphatic heterocycles. The summed E-state index contributed by atoms with van der Waals surface area (Å²) in [5.41, 5.74) is 1.74. The lowest BCUT2D eigenvalue weighted by atomic mass is 10.2. The number of anilines is 1. The number of aromatic nitrogens is 1. The predicted octanol–water partition coefficient (Wildman–Crippen LogP) is 1.80. The molecule has 1 aromatic heterocycles. The van der Waals surface area contributed by atoms with Gasteiger partial charge in [-0.1, -0.05) is 12.2 Å². The first-order valence-corrected chi connectivity index (χ1v) is 4.72. The lowest BCUT2D eigenvalue weighted by Gasteiger charge is -2.18. The summed E-state index contributed by atoms with van der Waals surface area (Å²) < 4.78 is 13.3. The van der Waals surface area contributed by atoms with Gasteiger partial charge in [-0.2, -0.15) is 0 Å². The monoisotopic (exact) mass is 206 g/mol. The van der Waals surface area contributed by atoms with E-state index in [2.05, 4.69) is 11.6 Å². The Morgan fingerprint density at radius 2 is 2.33 bits per heavy atom. The summed E-state index contributed by atoms with van der Waals surface area (Å²) in [7, 11) is 0. The zero-order valence-corrected chi connectivity index (χ0v) is 8.24. The van der Waals surface area contributed by atoms with Crippen LogP contribution in [0, 0.1) is 5.82 Å². The number of aldehydes is 1. The van der Waals surface area contributed by atoms with Crippen molar-refractivity contribution in [2.24, 2.45) is 0 Å². The molecular weight excluding hydrogens is 195 g/mol. The van der Waals surface area contributed by atoms with Crippen molar-refractivity contribution in [3.8, 4) is 0 Å². The molecule has 15 heavy (non-hydrogen) atoms. The van der Waals surface area contributed by atoms with Crippen LogP contribution in [0.4, 0.5) is 10.1 Å². The number of nitrogens with zero attached hydrogens (tertiary/aromatic N) is 2. The molecule has 3 nitrogen and oxygen atoms in total. The van der Waals surface area contributed by atoms with Crippen molar-refractivity contribution < 1.29 is 9.18 Å². The molecule has 1 fully saturated rings. The second-order valence-electron chi connectivity index (χ2n) is 3.59. The first-order valence-electron chi connectivity index (χ1n) is 4.72. The average molecular weight is 206 g/mol. The maximum atomic E-state index is 13.3. The van der Waals surface area contributed by atoms with E-state index in [0.29, 0.717) is 18.5 Å². The predicted molar refractivity (Wildman–Crippen MR) is 55.6 cm³/mol. The van der Waals surface area contributed by atoms with Crippen LogP contribution in [0.2, 0.25) is 0 Å². The van der Waals surface area contributed by atoms with E-state index in [4.69, 9.17) is 0 Å². The van der Waals surface area contributed by atoms with Gasteiger partial charge in [-0.05, 0) is 6.42 Å². The third kappa shape index (κ3) is 1.75. The Kier molecular flexibility index (Phi) is 2.49. The lowest BCUT2D eigenvalue weighted by molar-refractivity contribution is 0.112. The Morgan fingerprint density at radius 1 is 1.53 bits per heavy atom. The van der Waals surface area contributed by atoms with Gasteiger partial charge in [0.25, 0.3) is 0 Å². The molecule has 0 N–H and O–H groups in total. The van der Waals surface area contributed by atoms with Crippen LogP contribution in [0.25, 0.3) is 0 Å². The van der Waals surface area contributed by atoms with E-state index < -0.39 is 5.82 Å². The number of hydrogen-bond donors (Lipinski definition) is 0. The van der Waals surface area contributed by atoms with E-state index in [0.717, 1.165) is 24.7 Å². The van der Waals surface area contributed by atoms with Crippen molar-refractivity contribution in [2.75, 3.05) is 18.0 Å². The first-order chi connectivity index (χ1) is 7.22. The van der Waals surface area contributed by atoms with Crippen molar-refractivity contribution in [3.05, 3.63) is 35.9 Å². The molecule has 0 amide bonds. The second kappa shape index (κ2) is 3.81. The maximum Gasteiger partial charge on any atom is 0.155 e. The Bertz CT molecular complexity index is 417. The number of carbonyl (C=O) groups excluding carboxylic acids is 1. The van der Waals surface area contributed by atoms with Crippen LogP contribution in [0.3, 0.4) is 0 Å². The van der Waals surface area contributed by atoms with Crippen LogP contribution in [-0.4, -0.2) is 24.4 Å². The highest BCUT2D eigenvalue weighted by Gasteiger charge is 2.20. The molecule has 1 saturated heterocycles. The number of halogens is 1. The van der Waals surface area contributed by atoms with Crippen molar-refractivity contribution in [1.29, 1.82) is 0 Å². The summed E-state index contributed by atoms with van der Waals surface area (Å²) in [6.45, 7) is 5.30. The lowest BCUT2D eigenvalue weighted by Crippen LogP contribution is -2.20. The summed E-state index contributed by atoms with van der Waals surface area (Å²) in [4.78, 5) is 16.4. The molecule has 2 heterocycles. The third-order valence-corrected chi connectivity index (χ3v) is 2.53. The molecule has 0 unspecified atom stereocenters. The minimum absolute atomic E-state index is 0.0831. The normalized spacial score (nSPS) is 15.8. The van der Waals surface area contributed by atoms with Gasteiger partial charge in [-0.3, -0.25) is 9.78 Å². The number of rotatable bonds is 2. The highest BCUT2D eigenvalue weighted by molar-refractivity contribution is 5.84. The smallest absolute Gasteiger partial charge is 0.155 e. The van der Waals surface area contributed by atoms with E-state index >= 15 is 0 Å². The zero-order chi connectivity index (χ0) is 10.8. The molecule has 0 radical (unpaired) electrons. The van der Waals surface area contributed by atoms with Crippen LogP contribution in [0.15, 0.2) is 24.5 Å². The van der Waals surface area contributed by atoms with E-state index in [1.165, 1.54) is 6.20 Å². The van der Waals surface area contributed by atoms with E-state index in [1.54, 1.807) is 0 Å². The van der Waals surface area contributed by atoms with Gasteiger partial charge in [0.2, 0.25) is 0 Å². The quantitative estimate of drug-likeness (QED) is 0.546. The molecule has 0 saturated carbocycles. The Hall–Kier alpha value is -1.71. The van der Waals surface area contributed by atoms with Gasteiger partial charge in [0, 0.05) is 13.1 Å². The highest BCUT2D eigenvalue weighted by atomic mass is 19.1. The molecular formula is C11H11FN2O. The summed E-state index contributed by atoms with van der Waals surface area (Å²) >= 11 is 0. The Balaban J connectivity index is 2.39. The van der Waals surface area contributed by atoms with Crippen LogP contribution in [-0.2, 0) is 0 Å². The van der Waals surface area contributed by atoms with Crippen molar-refractivity contribution in [3.63, 3.8) is 0 Å². The van der Waals surface area contributed by atoms with Crippen molar-refractivity contribution >= 4 is 12.0 Å². The number of pyridine rings is 1. The standard InChI is InChI=1S/C11H11FN2O/c1-8-2-3-14(6-8)11-5-13-4-10(12)9(11)7-15/h4-5,7H,1-3,6H2. The van der Waals surface area contributed by atoms with Crippen LogP contribution >= 0.6 is 0 Å². The van der Waals surface area contributed by atoms with Gasteiger partial charge < -0.3 is 4.90 Å². The van der Waals surface area contributed by atoms with Crippen LogP contribution in [0.1, 0.15) is 16.8 Å². The largest absolute Gasteiger partial charge is 0.365 e. The van der Waals surface area contributed by atoms with E-state index in [9.17, 15) is 9.18 Å². The molecule has 0 aromatic carbocycles.